The first-order valence-electron chi connectivity index (χ1n) is 4.90. The third kappa shape index (κ3) is 1.24. The van der Waals surface area contributed by atoms with Gasteiger partial charge in [-0.2, -0.15) is 0 Å². The van der Waals surface area contributed by atoms with Crippen LogP contribution in [0.5, 0.6) is 0 Å². The molecule has 0 fully saturated rings. The van der Waals surface area contributed by atoms with Crippen LogP contribution in [0, 0.1) is 0 Å². The van der Waals surface area contributed by atoms with Crippen molar-refractivity contribution in [2.75, 3.05) is 0 Å². The van der Waals surface area contributed by atoms with Gasteiger partial charge >= 0.3 is 5.97 Å². The van der Waals surface area contributed by atoms with Crippen molar-refractivity contribution in [3.05, 3.63) is 40.3 Å². The topological polar surface area (TPSA) is 98.8 Å². The number of para-hydroxylation sites is 1. The average molecular weight is 229 g/mol. The molecule has 6 nitrogen and oxygen atoms in total. The molecule has 2 aromatic heterocycles. The minimum absolute atomic E-state index is 0.117. The summed E-state index contributed by atoms with van der Waals surface area (Å²) in [5, 5.41) is 15.2. The van der Waals surface area contributed by atoms with E-state index < -0.39 is 5.97 Å². The molecule has 6 heteroatoms. The fourth-order valence-electron chi connectivity index (χ4n) is 1.89. The van der Waals surface area contributed by atoms with E-state index in [9.17, 15) is 9.59 Å². The third-order valence-electron chi connectivity index (χ3n) is 2.67. The van der Waals surface area contributed by atoms with Crippen LogP contribution < -0.4 is 5.56 Å². The van der Waals surface area contributed by atoms with Crippen LogP contribution in [0.1, 0.15) is 10.4 Å². The predicted octanol–water partition coefficient (Wildman–Crippen LogP) is 1.10. The Balaban J connectivity index is 2.57. The lowest BCUT2D eigenvalue weighted by atomic mass is 10.1. The Morgan fingerprint density at radius 3 is 2.82 bits per heavy atom. The maximum Gasteiger partial charge on any atom is 0.337 e. The normalized spacial score (nSPS) is 11.1. The first kappa shape index (κ1) is 9.59. The van der Waals surface area contributed by atoms with E-state index in [4.69, 9.17) is 5.11 Å². The van der Waals surface area contributed by atoms with E-state index in [0.717, 1.165) is 0 Å². The number of hydrogen-bond acceptors (Lipinski definition) is 3. The van der Waals surface area contributed by atoms with Gasteiger partial charge in [0.2, 0.25) is 0 Å². The van der Waals surface area contributed by atoms with Crippen LogP contribution >= 0.6 is 0 Å². The van der Waals surface area contributed by atoms with Gasteiger partial charge in [0.1, 0.15) is 0 Å². The second-order valence-corrected chi connectivity index (χ2v) is 3.63. The summed E-state index contributed by atoms with van der Waals surface area (Å²) in [6, 6.07) is 4.83. The Labute approximate surface area is 93.9 Å². The molecule has 1 aromatic carbocycles. The van der Waals surface area contributed by atoms with Crippen LogP contribution in [0.2, 0.25) is 0 Å². The summed E-state index contributed by atoms with van der Waals surface area (Å²) in [5.41, 5.74) is 0.785. The number of H-pyrrole nitrogens is 2. The highest BCUT2D eigenvalue weighted by molar-refractivity contribution is 6.10. The number of carboxylic acids is 1. The first-order chi connectivity index (χ1) is 8.18. The monoisotopic (exact) mass is 229 g/mol. The molecule has 84 valence electrons. The van der Waals surface area contributed by atoms with Gasteiger partial charge < -0.3 is 5.11 Å². The number of benzene rings is 1. The number of rotatable bonds is 1. The molecule has 0 aliphatic carbocycles. The molecule has 0 bridgehead atoms. The Hall–Kier alpha value is -2.63. The van der Waals surface area contributed by atoms with Gasteiger partial charge in [-0.05, 0) is 6.07 Å². The van der Waals surface area contributed by atoms with Crippen LogP contribution in [0.4, 0.5) is 0 Å². The molecule has 0 saturated carbocycles. The van der Waals surface area contributed by atoms with Gasteiger partial charge in [-0.3, -0.25) is 20.0 Å². The lowest BCUT2D eigenvalue weighted by molar-refractivity contribution is 0.0699. The molecule has 3 aromatic rings. The molecule has 0 saturated heterocycles. The van der Waals surface area contributed by atoms with Crippen molar-refractivity contribution in [3.63, 3.8) is 0 Å². The zero-order valence-electron chi connectivity index (χ0n) is 8.52. The van der Waals surface area contributed by atoms with Gasteiger partial charge in [-0.25, -0.2) is 4.79 Å². The van der Waals surface area contributed by atoms with Crippen molar-refractivity contribution >= 4 is 27.8 Å². The van der Waals surface area contributed by atoms with E-state index in [1.165, 1.54) is 12.3 Å². The van der Waals surface area contributed by atoms with Crippen molar-refractivity contribution in [2.45, 2.75) is 0 Å². The summed E-state index contributed by atoms with van der Waals surface area (Å²) in [4.78, 5) is 26.5. The molecule has 3 rings (SSSR count). The minimum Gasteiger partial charge on any atom is -0.478 e. The largest absolute Gasteiger partial charge is 0.478 e. The van der Waals surface area contributed by atoms with Crippen LogP contribution in [-0.4, -0.2) is 26.3 Å². The zero-order chi connectivity index (χ0) is 12.0. The summed E-state index contributed by atoms with van der Waals surface area (Å²) in [5.74, 6) is -1.04. The molecule has 0 amide bonds. The van der Waals surface area contributed by atoms with Crippen molar-refractivity contribution in [1.29, 1.82) is 0 Å². The van der Waals surface area contributed by atoms with E-state index in [2.05, 4.69) is 15.2 Å². The first-order valence-corrected chi connectivity index (χ1v) is 4.90. The summed E-state index contributed by atoms with van der Waals surface area (Å²) in [6.07, 6.45) is 1.37. The molecule has 2 heterocycles. The highest BCUT2D eigenvalue weighted by atomic mass is 16.4. The van der Waals surface area contributed by atoms with Crippen LogP contribution in [0.25, 0.3) is 21.8 Å². The molecule has 0 aliphatic heterocycles. The van der Waals surface area contributed by atoms with Gasteiger partial charge in [0.05, 0.1) is 22.0 Å². The smallest absolute Gasteiger partial charge is 0.337 e. The number of pyridine rings is 1. The molecule has 0 aliphatic rings. The predicted molar refractivity (Wildman–Crippen MR) is 61.2 cm³/mol. The second kappa shape index (κ2) is 3.18. The van der Waals surface area contributed by atoms with Gasteiger partial charge in [-0.15, -0.1) is 0 Å². The summed E-state index contributed by atoms with van der Waals surface area (Å²) >= 11 is 0. The van der Waals surface area contributed by atoms with E-state index in [0.29, 0.717) is 21.8 Å². The minimum atomic E-state index is -1.04. The number of hydrogen-bond donors (Lipinski definition) is 3. The highest BCUT2D eigenvalue weighted by Crippen LogP contribution is 2.22. The number of nitrogens with zero attached hydrogens (tertiary/aromatic N) is 1. The van der Waals surface area contributed by atoms with Gasteiger partial charge in [0.15, 0.2) is 0 Å². The van der Waals surface area contributed by atoms with Crippen molar-refractivity contribution in [2.24, 2.45) is 0 Å². The maximum absolute atomic E-state index is 11.4. The molecule has 3 N–H and O–H groups in total. The third-order valence-corrected chi connectivity index (χ3v) is 2.67. The maximum atomic E-state index is 11.4. The summed E-state index contributed by atoms with van der Waals surface area (Å²) in [7, 11) is 0. The number of carbonyl (C=O) groups is 1. The van der Waals surface area contributed by atoms with Crippen LogP contribution in [-0.2, 0) is 0 Å². The molecule has 17 heavy (non-hydrogen) atoms. The Kier molecular flexibility index (Phi) is 1.79. The van der Waals surface area contributed by atoms with Crippen molar-refractivity contribution in [3.8, 4) is 0 Å². The number of carboxylic acid groups (broad SMARTS) is 1. The van der Waals surface area contributed by atoms with Gasteiger partial charge in [0.25, 0.3) is 5.56 Å². The molecule has 0 atom stereocenters. The Morgan fingerprint density at radius 1 is 1.24 bits per heavy atom. The van der Waals surface area contributed by atoms with Crippen LogP contribution in [0.15, 0.2) is 29.2 Å². The van der Waals surface area contributed by atoms with Crippen LogP contribution in [0.3, 0.4) is 0 Å². The quantitative estimate of drug-likeness (QED) is 0.581. The number of aromatic nitrogens is 3. The summed E-state index contributed by atoms with van der Waals surface area (Å²) < 4.78 is 0. The van der Waals surface area contributed by atoms with Gasteiger partial charge in [-0.1, -0.05) is 12.1 Å². The number of aromatic carboxylic acids is 1. The van der Waals surface area contributed by atoms with Gasteiger partial charge in [0, 0.05) is 11.6 Å². The fourth-order valence-corrected chi connectivity index (χ4v) is 1.89. The molecule has 0 unspecified atom stereocenters. The number of fused-ring (bicyclic) bond motifs is 3. The van der Waals surface area contributed by atoms with Crippen molar-refractivity contribution in [1.82, 2.24) is 15.2 Å². The number of aromatic amines is 2. The Bertz CT molecular complexity index is 800. The Morgan fingerprint density at radius 2 is 2.06 bits per heavy atom. The standard InChI is InChI=1S/C11H7N3O3/c15-10-7-4-12-8-5(9(7)13-14-10)2-1-3-6(8)11(16)17/h1-4H,(H,16,17)(H2,13,14,15). The molecular formula is C11H7N3O3. The lowest BCUT2D eigenvalue weighted by Gasteiger charge is -2.01. The van der Waals surface area contributed by atoms with E-state index in [1.807, 2.05) is 0 Å². The highest BCUT2D eigenvalue weighted by Gasteiger charge is 2.12. The van der Waals surface area contributed by atoms with E-state index in [1.54, 1.807) is 12.1 Å². The molecular weight excluding hydrogens is 222 g/mol. The molecule has 0 radical (unpaired) electrons. The SMILES string of the molecule is O=C(O)c1cccc2c1ncc1c(=O)[nH][nH]c12. The zero-order valence-corrected chi connectivity index (χ0v) is 8.52. The van der Waals surface area contributed by atoms with E-state index >= 15 is 0 Å². The number of nitrogens with one attached hydrogen (secondary N) is 2. The van der Waals surface area contributed by atoms with Crippen molar-refractivity contribution < 1.29 is 9.90 Å². The lowest BCUT2D eigenvalue weighted by Crippen LogP contribution is -2.00. The fraction of sp³-hybridized carbons (Fsp3) is 0. The molecule has 0 spiro atoms. The summed E-state index contributed by atoms with van der Waals surface area (Å²) in [6.45, 7) is 0. The second-order valence-electron chi connectivity index (χ2n) is 3.63. The average Bonchev–Trinajstić information content (AvgIpc) is 2.70. The van der Waals surface area contributed by atoms with E-state index in [-0.39, 0.29) is 11.1 Å².